The van der Waals surface area contributed by atoms with Crippen molar-refractivity contribution in [3.05, 3.63) is 45.9 Å². The number of piperidine rings is 1. The van der Waals surface area contributed by atoms with E-state index in [0.717, 1.165) is 41.9 Å². The third-order valence-corrected chi connectivity index (χ3v) is 6.08. The lowest BCUT2D eigenvalue weighted by Crippen LogP contribution is -2.47. The van der Waals surface area contributed by atoms with Crippen molar-refractivity contribution in [3.63, 3.8) is 0 Å². The third-order valence-electron chi connectivity index (χ3n) is 5.04. The molecule has 3 rings (SSSR count). The Kier molecular flexibility index (Phi) is 7.79. The summed E-state index contributed by atoms with van der Waals surface area (Å²) in [5.74, 6) is -0.314. The predicted octanol–water partition coefficient (Wildman–Crippen LogP) is 4.03. The minimum Gasteiger partial charge on any atom is -0.384 e. The Balaban J connectivity index is 0.00000261. The number of carbonyl (C=O) groups excluding carboxylic acids is 1. The van der Waals surface area contributed by atoms with Crippen LogP contribution in [0.2, 0.25) is 0 Å². The molecular formula is C20H26ClFN2O2S. The average Bonchev–Trinajstić information content (AvgIpc) is 3.03. The van der Waals surface area contributed by atoms with Crippen LogP contribution in [0.15, 0.2) is 30.3 Å². The quantitative estimate of drug-likeness (QED) is 0.753. The van der Waals surface area contributed by atoms with Crippen molar-refractivity contribution in [2.75, 3.05) is 33.4 Å². The van der Waals surface area contributed by atoms with E-state index in [1.54, 1.807) is 19.2 Å². The van der Waals surface area contributed by atoms with Gasteiger partial charge in [-0.1, -0.05) is 12.1 Å². The second kappa shape index (κ2) is 9.64. The summed E-state index contributed by atoms with van der Waals surface area (Å²) in [4.78, 5) is 14.4. The smallest absolute Gasteiger partial charge is 0.261 e. The van der Waals surface area contributed by atoms with Gasteiger partial charge in [-0.2, -0.15) is 0 Å². The maximum absolute atomic E-state index is 13.1. The van der Waals surface area contributed by atoms with Crippen molar-refractivity contribution in [3.8, 4) is 11.1 Å². The number of halogens is 2. The lowest BCUT2D eigenvalue weighted by atomic mass is 9.79. The summed E-state index contributed by atoms with van der Waals surface area (Å²) in [5, 5.41) is 6.46. The first-order valence-electron chi connectivity index (χ1n) is 8.87. The van der Waals surface area contributed by atoms with Gasteiger partial charge in [-0.15, -0.1) is 23.7 Å². The number of amides is 1. The number of ether oxygens (including phenoxy) is 1. The van der Waals surface area contributed by atoms with Crippen molar-refractivity contribution in [1.29, 1.82) is 0 Å². The maximum atomic E-state index is 13.1. The largest absolute Gasteiger partial charge is 0.384 e. The highest BCUT2D eigenvalue weighted by Crippen LogP contribution is 2.32. The van der Waals surface area contributed by atoms with Gasteiger partial charge in [-0.3, -0.25) is 4.79 Å². The molecule has 0 radical (unpaired) electrons. The molecule has 1 aromatic carbocycles. The Labute approximate surface area is 169 Å². The molecule has 2 N–H and O–H groups in total. The Bertz CT molecular complexity index is 752. The van der Waals surface area contributed by atoms with Crippen molar-refractivity contribution in [2.45, 2.75) is 19.8 Å². The molecule has 7 heteroatoms. The number of nitrogens with one attached hydrogen (secondary N) is 2. The second-order valence-electron chi connectivity index (χ2n) is 6.95. The zero-order chi connectivity index (χ0) is 18.6. The summed E-state index contributed by atoms with van der Waals surface area (Å²) in [6.45, 7) is 5.15. The molecule has 148 valence electrons. The van der Waals surface area contributed by atoms with Crippen molar-refractivity contribution < 1.29 is 13.9 Å². The molecule has 2 aromatic rings. The van der Waals surface area contributed by atoms with Gasteiger partial charge in [0, 0.05) is 23.9 Å². The number of rotatable bonds is 6. The molecule has 1 fully saturated rings. The fraction of sp³-hybridized carbons (Fsp3) is 0.450. The summed E-state index contributed by atoms with van der Waals surface area (Å²) >= 11 is 1.47. The first-order valence-corrected chi connectivity index (χ1v) is 9.69. The number of carbonyl (C=O) groups is 1. The van der Waals surface area contributed by atoms with E-state index in [0.29, 0.717) is 18.0 Å². The summed E-state index contributed by atoms with van der Waals surface area (Å²) in [5.41, 5.74) is 1.91. The van der Waals surface area contributed by atoms with E-state index in [-0.39, 0.29) is 29.5 Å². The maximum Gasteiger partial charge on any atom is 0.261 e. The van der Waals surface area contributed by atoms with Crippen LogP contribution in [0, 0.1) is 18.2 Å². The molecule has 0 spiro atoms. The summed E-state index contributed by atoms with van der Waals surface area (Å²) in [6, 6.07) is 8.27. The molecule has 0 bridgehead atoms. The molecule has 1 aliphatic heterocycles. The number of hydrogen-bond acceptors (Lipinski definition) is 4. The lowest BCUT2D eigenvalue weighted by Gasteiger charge is -2.37. The normalized spacial score (nSPS) is 15.8. The van der Waals surface area contributed by atoms with Crippen LogP contribution in [-0.4, -0.2) is 39.3 Å². The van der Waals surface area contributed by atoms with Gasteiger partial charge in [0.25, 0.3) is 5.91 Å². The van der Waals surface area contributed by atoms with Gasteiger partial charge >= 0.3 is 0 Å². The van der Waals surface area contributed by atoms with Crippen molar-refractivity contribution in [2.24, 2.45) is 5.41 Å². The van der Waals surface area contributed by atoms with Crippen molar-refractivity contribution in [1.82, 2.24) is 10.6 Å². The molecule has 27 heavy (non-hydrogen) atoms. The molecule has 2 heterocycles. The fourth-order valence-corrected chi connectivity index (χ4v) is 4.46. The highest BCUT2D eigenvalue weighted by molar-refractivity contribution is 7.14. The van der Waals surface area contributed by atoms with E-state index in [4.69, 9.17) is 4.74 Å². The van der Waals surface area contributed by atoms with Crippen LogP contribution < -0.4 is 10.6 Å². The Morgan fingerprint density at radius 1 is 1.30 bits per heavy atom. The van der Waals surface area contributed by atoms with E-state index >= 15 is 0 Å². The van der Waals surface area contributed by atoms with Crippen molar-refractivity contribution >= 4 is 29.7 Å². The Morgan fingerprint density at radius 2 is 1.96 bits per heavy atom. The highest BCUT2D eigenvalue weighted by Gasteiger charge is 2.32. The van der Waals surface area contributed by atoms with E-state index < -0.39 is 0 Å². The number of hydrogen-bond donors (Lipinski definition) is 2. The molecule has 0 aliphatic carbocycles. The molecule has 1 amide bonds. The van der Waals surface area contributed by atoms with Crippen LogP contribution in [0.5, 0.6) is 0 Å². The van der Waals surface area contributed by atoms with Gasteiger partial charge in [0.1, 0.15) is 5.82 Å². The average molecular weight is 413 g/mol. The summed E-state index contributed by atoms with van der Waals surface area (Å²) in [7, 11) is 1.71. The lowest BCUT2D eigenvalue weighted by molar-refractivity contribution is 0.0512. The zero-order valence-corrected chi connectivity index (χ0v) is 17.3. The third kappa shape index (κ3) is 5.29. The molecular weight excluding hydrogens is 387 g/mol. The first-order chi connectivity index (χ1) is 12.5. The van der Waals surface area contributed by atoms with E-state index in [2.05, 4.69) is 10.6 Å². The van der Waals surface area contributed by atoms with Gasteiger partial charge < -0.3 is 15.4 Å². The molecule has 1 aromatic heterocycles. The second-order valence-corrected chi connectivity index (χ2v) is 8.21. The van der Waals surface area contributed by atoms with Crippen LogP contribution in [0.3, 0.4) is 0 Å². The minimum atomic E-state index is -0.259. The SMILES string of the molecule is COCC1(CNC(=O)c2cc(-c3ccc(F)cc3)c(C)s2)CCNCC1.Cl. The minimum absolute atomic E-state index is 0. The van der Waals surface area contributed by atoms with Gasteiger partial charge in [0.15, 0.2) is 0 Å². The number of aryl methyl sites for hydroxylation is 1. The number of thiophene rings is 1. The van der Waals surface area contributed by atoms with Crippen LogP contribution in [0.25, 0.3) is 11.1 Å². The van der Waals surface area contributed by atoms with Crippen LogP contribution in [-0.2, 0) is 4.74 Å². The van der Waals surface area contributed by atoms with Crippen LogP contribution in [0.1, 0.15) is 27.4 Å². The van der Waals surface area contributed by atoms with Gasteiger partial charge in [-0.25, -0.2) is 4.39 Å². The van der Waals surface area contributed by atoms with Gasteiger partial charge in [0.05, 0.1) is 11.5 Å². The molecule has 1 aliphatic rings. The molecule has 0 atom stereocenters. The van der Waals surface area contributed by atoms with Gasteiger partial charge in [-0.05, 0) is 62.2 Å². The van der Waals surface area contributed by atoms with E-state index in [9.17, 15) is 9.18 Å². The molecule has 4 nitrogen and oxygen atoms in total. The monoisotopic (exact) mass is 412 g/mol. The summed E-state index contributed by atoms with van der Waals surface area (Å²) < 4.78 is 18.5. The van der Waals surface area contributed by atoms with E-state index in [1.807, 2.05) is 13.0 Å². The van der Waals surface area contributed by atoms with Crippen LogP contribution in [0.4, 0.5) is 4.39 Å². The summed E-state index contributed by atoms with van der Waals surface area (Å²) in [6.07, 6.45) is 1.98. The molecule has 0 saturated carbocycles. The predicted molar refractivity (Wildman–Crippen MR) is 110 cm³/mol. The first kappa shape index (κ1) is 21.8. The van der Waals surface area contributed by atoms with E-state index in [1.165, 1.54) is 23.5 Å². The number of benzene rings is 1. The topological polar surface area (TPSA) is 50.4 Å². The number of methoxy groups -OCH3 is 1. The molecule has 1 saturated heterocycles. The fourth-order valence-electron chi connectivity index (χ4n) is 3.50. The standard InChI is InChI=1S/C20H25FN2O2S.ClH/c1-14-17(15-3-5-16(21)6-4-15)11-18(26-14)19(24)23-12-20(13-25-2)7-9-22-10-8-20;/h3-6,11,22H,7-10,12-13H2,1-2H3,(H,23,24);1H. The zero-order valence-electron chi connectivity index (χ0n) is 15.6. The van der Waals surface area contributed by atoms with Crippen LogP contribution >= 0.6 is 23.7 Å². The molecule has 0 unspecified atom stereocenters. The Morgan fingerprint density at radius 3 is 2.59 bits per heavy atom. The highest BCUT2D eigenvalue weighted by atomic mass is 35.5. The Hall–Kier alpha value is -1.47. The van der Waals surface area contributed by atoms with Gasteiger partial charge in [0.2, 0.25) is 0 Å².